The number of halogens is 3. The van der Waals surface area contributed by atoms with Crippen molar-refractivity contribution in [3.63, 3.8) is 0 Å². The fraction of sp³-hybridized carbons (Fsp3) is 0.345. The van der Waals surface area contributed by atoms with E-state index in [1.54, 1.807) is 42.5 Å². The van der Waals surface area contributed by atoms with Crippen LogP contribution in [-0.4, -0.2) is 42.9 Å². The maximum absolute atomic E-state index is 14.7. The molecule has 3 aromatic rings. The SMILES string of the molecule is O=C(O[C@H]1C[N+]2(CCc3cccc(F)c3)CCC1CC2)N(Cc1ccc(F)cc1)c1ccccc1F. The fourth-order valence-electron chi connectivity index (χ4n) is 5.61. The lowest BCUT2D eigenvalue weighted by Gasteiger charge is -2.52. The Bertz CT molecular complexity index is 1210. The van der Waals surface area contributed by atoms with Crippen molar-refractivity contribution in [3.05, 3.63) is 101 Å². The van der Waals surface area contributed by atoms with E-state index in [2.05, 4.69) is 0 Å². The van der Waals surface area contributed by atoms with Gasteiger partial charge in [0.1, 0.15) is 24.0 Å². The number of hydrogen-bond donors (Lipinski definition) is 0. The molecule has 0 aliphatic carbocycles. The lowest BCUT2D eigenvalue weighted by Crippen LogP contribution is -2.65. The molecule has 3 fully saturated rings. The van der Waals surface area contributed by atoms with E-state index < -0.39 is 11.9 Å². The predicted molar refractivity (Wildman–Crippen MR) is 132 cm³/mol. The monoisotopic (exact) mass is 495 g/mol. The van der Waals surface area contributed by atoms with Gasteiger partial charge in [-0.3, -0.25) is 4.90 Å². The Morgan fingerprint density at radius 1 is 0.889 bits per heavy atom. The molecule has 3 aliphatic heterocycles. The molecule has 2 bridgehead atoms. The van der Waals surface area contributed by atoms with E-state index in [0.29, 0.717) is 12.1 Å². The lowest BCUT2D eigenvalue weighted by atomic mass is 9.83. The number of para-hydroxylation sites is 1. The molecule has 0 aromatic heterocycles. The molecule has 3 saturated heterocycles. The van der Waals surface area contributed by atoms with Gasteiger partial charge in [-0.05, 0) is 47.5 Å². The van der Waals surface area contributed by atoms with E-state index in [-0.39, 0.29) is 35.9 Å². The summed E-state index contributed by atoms with van der Waals surface area (Å²) in [7, 11) is 0. The van der Waals surface area contributed by atoms with Gasteiger partial charge in [-0.1, -0.05) is 36.4 Å². The van der Waals surface area contributed by atoms with E-state index in [0.717, 1.165) is 48.9 Å². The maximum atomic E-state index is 14.7. The van der Waals surface area contributed by atoms with Crippen LogP contribution in [0.25, 0.3) is 0 Å². The second-order valence-corrected chi connectivity index (χ2v) is 10.00. The quantitative estimate of drug-likeness (QED) is 0.371. The number of fused-ring (bicyclic) bond motifs is 3. The second kappa shape index (κ2) is 10.3. The van der Waals surface area contributed by atoms with Gasteiger partial charge in [-0.25, -0.2) is 18.0 Å². The first kappa shape index (κ1) is 24.4. The average Bonchev–Trinajstić information content (AvgIpc) is 2.88. The maximum Gasteiger partial charge on any atom is 0.415 e. The molecule has 188 valence electrons. The summed E-state index contributed by atoms with van der Waals surface area (Å²) in [5, 5.41) is 0. The minimum atomic E-state index is -0.605. The molecular weight excluding hydrogens is 465 g/mol. The number of carbonyl (C=O) groups is 1. The predicted octanol–water partition coefficient (Wildman–Crippen LogP) is 6.10. The number of quaternary nitrogens is 1. The highest BCUT2D eigenvalue weighted by molar-refractivity contribution is 5.87. The van der Waals surface area contributed by atoms with Crippen molar-refractivity contribution in [2.75, 3.05) is 31.1 Å². The van der Waals surface area contributed by atoms with Gasteiger partial charge in [-0.15, -0.1) is 0 Å². The lowest BCUT2D eigenvalue weighted by molar-refractivity contribution is -0.945. The number of hydrogen-bond acceptors (Lipinski definition) is 2. The molecule has 3 aliphatic rings. The summed E-state index contributed by atoms with van der Waals surface area (Å²) in [6, 6.07) is 18.6. The normalized spacial score (nSPS) is 22.9. The van der Waals surface area contributed by atoms with Gasteiger partial charge >= 0.3 is 6.09 Å². The Kier molecular flexibility index (Phi) is 7.01. The first-order valence-electron chi connectivity index (χ1n) is 12.5. The fourth-order valence-corrected chi connectivity index (χ4v) is 5.61. The Balaban J connectivity index is 1.31. The smallest absolute Gasteiger partial charge is 0.415 e. The summed E-state index contributed by atoms with van der Waals surface area (Å²) in [6.07, 6.45) is 1.80. The summed E-state index contributed by atoms with van der Waals surface area (Å²) in [5.74, 6) is -0.857. The van der Waals surface area contributed by atoms with Crippen LogP contribution < -0.4 is 4.90 Å². The number of nitrogens with zero attached hydrogens (tertiary/aromatic N) is 2. The Hall–Kier alpha value is -3.32. The number of piperidine rings is 3. The molecular formula is C29H30F3N2O2+. The zero-order chi connectivity index (χ0) is 25.1. The first-order valence-corrected chi connectivity index (χ1v) is 12.5. The van der Waals surface area contributed by atoms with Gasteiger partial charge in [0.05, 0.1) is 31.9 Å². The highest BCUT2D eigenvalue weighted by Gasteiger charge is 2.47. The summed E-state index contributed by atoms with van der Waals surface area (Å²) < 4.78 is 48.6. The summed E-state index contributed by atoms with van der Waals surface area (Å²) in [6.45, 7) is 3.66. The van der Waals surface area contributed by atoms with Crippen LogP contribution in [0.3, 0.4) is 0 Å². The van der Waals surface area contributed by atoms with E-state index in [4.69, 9.17) is 4.74 Å². The average molecular weight is 496 g/mol. The minimum Gasteiger partial charge on any atom is -0.440 e. The summed E-state index contributed by atoms with van der Waals surface area (Å²) in [4.78, 5) is 14.7. The van der Waals surface area contributed by atoms with Crippen LogP contribution in [-0.2, 0) is 17.7 Å². The molecule has 4 nitrogen and oxygen atoms in total. The molecule has 1 amide bonds. The molecule has 36 heavy (non-hydrogen) atoms. The molecule has 0 spiro atoms. The van der Waals surface area contributed by atoms with Gasteiger partial charge in [-0.2, -0.15) is 0 Å². The molecule has 3 heterocycles. The van der Waals surface area contributed by atoms with E-state index >= 15 is 0 Å². The van der Waals surface area contributed by atoms with Gasteiger partial charge in [0, 0.05) is 25.2 Å². The van der Waals surface area contributed by atoms with Crippen LogP contribution in [0.1, 0.15) is 24.0 Å². The third-order valence-electron chi connectivity index (χ3n) is 7.68. The van der Waals surface area contributed by atoms with Crippen molar-refractivity contribution in [3.8, 4) is 0 Å². The number of anilines is 1. The van der Waals surface area contributed by atoms with Crippen LogP contribution in [0.4, 0.5) is 23.7 Å². The highest BCUT2D eigenvalue weighted by atomic mass is 19.1. The Morgan fingerprint density at radius 2 is 1.64 bits per heavy atom. The number of amides is 1. The van der Waals surface area contributed by atoms with E-state index in [9.17, 15) is 18.0 Å². The van der Waals surface area contributed by atoms with E-state index in [1.807, 2.05) is 6.07 Å². The number of carbonyl (C=O) groups excluding carboxylic acids is 1. The van der Waals surface area contributed by atoms with Crippen LogP contribution in [0.5, 0.6) is 0 Å². The number of benzene rings is 3. The van der Waals surface area contributed by atoms with Crippen LogP contribution >= 0.6 is 0 Å². The van der Waals surface area contributed by atoms with Crippen LogP contribution in [0.15, 0.2) is 72.8 Å². The molecule has 1 atom stereocenters. The standard InChI is InChI=1S/C29H30F3N2O2/c30-24-10-8-22(9-11-24)19-33(27-7-2-1-6-26(27)32)29(35)36-28-20-34(16-13-23(28)14-17-34)15-12-21-4-3-5-25(31)18-21/h1-11,18,23,28H,12-17,19-20H2/q+1/t23?,28-,34?/m0/s1. The van der Waals surface area contributed by atoms with Crippen molar-refractivity contribution < 1.29 is 27.2 Å². The first-order chi connectivity index (χ1) is 17.4. The molecule has 6 rings (SSSR count). The molecule has 0 radical (unpaired) electrons. The summed E-state index contributed by atoms with van der Waals surface area (Å²) >= 11 is 0. The molecule has 7 heteroatoms. The molecule has 3 aromatic carbocycles. The van der Waals surface area contributed by atoms with Gasteiger partial charge in [0.25, 0.3) is 0 Å². The molecule has 0 saturated carbocycles. The Morgan fingerprint density at radius 3 is 2.36 bits per heavy atom. The van der Waals surface area contributed by atoms with Crippen molar-refractivity contribution in [2.24, 2.45) is 5.92 Å². The van der Waals surface area contributed by atoms with E-state index in [1.165, 1.54) is 29.2 Å². The number of rotatable bonds is 7. The third-order valence-corrected chi connectivity index (χ3v) is 7.68. The van der Waals surface area contributed by atoms with Gasteiger partial charge < -0.3 is 9.22 Å². The zero-order valence-corrected chi connectivity index (χ0v) is 20.1. The van der Waals surface area contributed by atoms with Gasteiger partial charge in [0.2, 0.25) is 0 Å². The number of ether oxygens (including phenoxy) is 1. The van der Waals surface area contributed by atoms with Crippen molar-refractivity contribution >= 4 is 11.8 Å². The van der Waals surface area contributed by atoms with Gasteiger partial charge in [0.15, 0.2) is 6.10 Å². The summed E-state index contributed by atoms with van der Waals surface area (Å²) in [5.41, 5.74) is 1.76. The third kappa shape index (κ3) is 5.41. The van der Waals surface area contributed by atoms with Crippen molar-refractivity contribution in [1.82, 2.24) is 0 Å². The largest absolute Gasteiger partial charge is 0.440 e. The van der Waals surface area contributed by atoms with Crippen molar-refractivity contribution in [2.45, 2.75) is 31.9 Å². The minimum absolute atomic E-state index is 0.0665. The van der Waals surface area contributed by atoms with Crippen molar-refractivity contribution in [1.29, 1.82) is 0 Å². The highest BCUT2D eigenvalue weighted by Crippen LogP contribution is 2.36. The Labute approximate surface area is 209 Å². The van der Waals surface area contributed by atoms with Crippen LogP contribution in [0.2, 0.25) is 0 Å². The second-order valence-electron chi connectivity index (χ2n) is 10.00. The molecule has 0 unspecified atom stereocenters. The zero-order valence-electron chi connectivity index (χ0n) is 20.1. The van der Waals surface area contributed by atoms with Crippen LogP contribution in [0, 0.1) is 23.4 Å². The topological polar surface area (TPSA) is 29.5 Å². The molecule has 0 N–H and O–H groups in total.